The van der Waals surface area contributed by atoms with Gasteiger partial charge in [0.25, 0.3) is 5.91 Å². The van der Waals surface area contributed by atoms with Crippen LogP contribution >= 0.6 is 0 Å². The Bertz CT molecular complexity index is 476. The van der Waals surface area contributed by atoms with Gasteiger partial charge in [-0.25, -0.2) is 0 Å². The number of amides is 1. The molecule has 2 fully saturated rings. The number of fused-ring (bicyclic) bond motifs is 1. The van der Waals surface area contributed by atoms with E-state index in [1.807, 2.05) is 23.1 Å². The summed E-state index contributed by atoms with van der Waals surface area (Å²) >= 11 is 0. The Morgan fingerprint density at radius 3 is 2.81 bits per heavy atom. The van der Waals surface area contributed by atoms with Gasteiger partial charge < -0.3 is 4.90 Å². The number of terminal acetylenes is 1. The molecule has 1 amide bonds. The first kappa shape index (κ1) is 9.47. The molecule has 0 N–H and O–H groups in total. The molecule has 1 saturated carbocycles. The molecular weight excluding hydrogens is 198 g/mol. The maximum absolute atomic E-state index is 12.1. The summed E-state index contributed by atoms with van der Waals surface area (Å²) in [5, 5.41) is 0. The minimum atomic E-state index is 0.129. The van der Waals surface area contributed by atoms with Crippen molar-refractivity contribution in [3.05, 3.63) is 35.4 Å². The highest BCUT2D eigenvalue weighted by molar-refractivity contribution is 5.94. The zero-order chi connectivity index (χ0) is 11.1. The third-order valence-corrected chi connectivity index (χ3v) is 3.54. The summed E-state index contributed by atoms with van der Waals surface area (Å²) in [5.41, 5.74) is 1.49. The number of rotatable bonds is 1. The smallest absolute Gasteiger partial charge is 0.253 e. The van der Waals surface area contributed by atoms with Crippen LogP contribution in [-0.2, 0) is 0 Å². The lowest BCUT2D eigenvalue weighted by atomic mass is 10.1. The Morgan fingerprint density at radius 1 is 1.38 bits per heavy atom. The van der Waals surface area contributed by atoms with Gasteiger partial charge in [0.15, 0.2) is 0 Å². The zero-order valence-electron chi connectivity index (χ0n) is 9.02. The Kier molecular flexibility index (Phi) is 2.00. The second-order valence-corrected chi connectivity index (χ2v) is 4.69. The van der Waals surface area contributed by atoms with Crippen LogP contribution in [0.1, 0.15) is 22.3 Å². The van der Waals surface area contributed by atoms with Gasteiger partial charge in [0.2, 0.25) is 0 Å². The maximum Gasteiger partial charge on any atom is 0.253 e. The van der Waals surface area contributed by atoms with Crippen molar-refractivity contribution in [2.45, 2.75) is 6.42 Å². The second kappa shape index (κ2) is 3.38. The van der Waals surface area contributed by atoms with E-state index in [1.54, 1.807) is 6.07 Å². The molecule has 0 bridgehead atoms. The molecule has 16 heavy (non-hydrogen) atoms. The van der Waals surface area contributed by atoms with Crippen molar-refractivity contribution in [2.75, 3.05) is 13.1 Å². The first-order valence-electron chi connectivity index (χ1n) is 5.64. The van der Waals surface area contributed by atoms with E-state index in [0.717, 1.165) is 36.1 Å². The fraction of sp³-hybridized carbons (Fsp3) is 0.357. The molecule has 2 aliphatic rings. The molecule has 1 saturated heterocycles. The Labute approximate surface area is 95.3 Å². The van der Waals surface area contributed by atoms with E-state index in [1.165, 1.54) is 6.42 Å². The molecule has 2 heteroatoms. The molecule has 80 valence electrons. The van der Waals surface area contributed by atoms with Crippen LogP contribution in [0.3, 0.4) is 0 Å². The first-order chi connectivity index (χ1) is 7.78. The largest absolute Gasteiger partial charge is 0.338 e. The van der Waals surface area contributed by atoms with Gasteiger partial charge in [-0.05, 0) is 36.5 Å². The molecule has 0 aromatic heterocycles. The summed E-state index contributed by atoms with van der Waals surface area (Å²) in [6.07, 6.45) is 6.64. The monoisotopic (exact) mass is 211 g/mol. The first-order valence-corrected chi connectivity index (χ1v) is 5.64. The molecule has 1 aromatic carbocycles. The van der Waals surface area contributed by atoms with E-state index >= 15 is 0 Å². The highest BCUT2D eigenvalue weighted by Crippen LogP contribution is 2.45. The number of benzene rings is 1. The minimum absolute atomic E-state index is 0.129. The lowest BCUT2D eigenvalue weighted by molar-refractivity contribution is 0.0775. The summed E-state index contributed by atoms with van der Waals surface area (Å²) in [7, 11) is 0. The molecule has 3 rings (SSSR count). The average molecular weight is 211 g/mol. The predicted molar refractivity (Wildman–Crippen MR) is 61.9 cm³/mol. The van der Waals surface area contributed by atoms with Crippen LogP contribution in [0.5, 0.6) is 0 Å². The predicted octanol–water partition coefficient (Wildman–Crippen LogP) is 1.76. The van der Waals surface area contributed by atoms with Gasteiger partial charge in [0.05, 0.1) is 0 Å². The van der Waals surface area contributed by atoms with Gasteiger partial charge in [-0.2, -0.15) is 0 Å². The Hall–Kier alpha value is -1.75. The summed E-state index contributed by atoms with van der Waals surface area (Å²) in [6, 6.07) is 7.33. The van der Waals surface area contributed by atoms with Gasteiger partial charge in [-0.1, -0.05) is 12.0 Å². The minimum Gasteiger partial charge on any atom is -0.338 e. The number of carbonyl (C=O) groups is 1. The number of piperidine rings is 1. The number of likely N-dealkylation sites (tertiary alicyclic amines) is 1. The fourth-order valence-corrected chi connectivity index (χ4v) is 2.49. The van der Waals surface area contributed by atoms with E-state index in [-0.39, 0.29) is 5.91 Å². The van der Waals surface area contributed by atoms with Crippen molar-refractivity contribution >= 4 is 5.91 Å². The van der Waals surface area contributed by atoms with E-state index in [9.17, 15) is 4.79 Å². The standard InChI is InChI=1S/C14H13NO/c1-2-10-4-3-5-11(6-10)14(16)15-8-12-7-13(12)9-15/h1,3-6,12-13H,7-9H2. The van der Waals surface area contributed by atoms with Crippen LogP contribution < -0.4 is 0 Å². The molecule has 1 aliphatic carbocycles. The SMILES string of the molecule is C#Cc1cccc(C(=O)N2CC3CC3C2)c1. The van der Waals surface area contributed by atoms with Crippen molar-refractivity contribution in [2.24, 2.45) is 11.8 Å². The summed E-state index contributed by atoms with van der Waals surface area (Å²) < 4.78 is 0. The van der Waals surface area contributed by atoms with Crippen LogP contribution in [-0.4, -0.2) is 23.9 Å². The molecule has 2 atom stereocenters. The lowest BCUT2D eigenvalue weighted by Gasteiger charge is -2.17. The highest BCUT2D eigenvalue weighted by atomic mass is 16.2. The van der Waals surface area contributed by atoms with Crippen LogP contribution in [0, 0.1) is 24.2 Å². The number of hydrogen-bond acceptors (Lipinski definition) is 1. The summed E-state index contributed by atoms with van der Waals surface area (Å²) in [6.45, 7) is 1.87. The summed E-state index contributed by atoms with van der Waals surface area (Å²) in [5.74, 6) is 4.24. The molecule has 2 nitrogen and oxygen atoms in total. The average Bonchev–Trinajstić information content (AvgIpc) is 2.95. The molecule has 1 heterocycles. The van der Waals surface area contributed by atoms with E-state index in [0.29, 0.717) is 0 Å². The quantitative estimate of drug-likeness (QED) is 0.648. The van der Waals surface area contributed by atoms with Crippen molar-refractivity contribution in [3.8, 4) is 12.3 Å². The van der Waals surface area contributed by atoms with Crippen molar-refractivity contribution in [3.63, 3.8) is 0 Å². The highest BCUT2D eigenvalue weighted by Gasteiger charge is 2.46. The third kappa shape index (κ3) is 1.49. The van der Waals surface area contributed by atoms with Crippen molar-refractivity contribution in [1.29, 1.82) is 0 Å². The van der Waals surface area contributed by atoms with Gasteiger partial charge in [0.1, 0.15) is 0 Å². The van der Waals surface area contributed by atoms with Crippen LogP contribution in [0.2, 0.25) is 0 Å². The van der Waals surface area contributed by atoms with E-state index in [4.69, 9.17) is 6.42 Å². The third-order valence-electron chi connectivity index (χ3n) is 3.54. The normalized spacial score (nSPS) is 26.1. The van der Waals surface area contributed by atoms with Gasteiger partial charge in [-0.3, -0.25) is 4.79 Å². The summed E-state index contributed by atoms with van der Waals surface area (Å²) in [4.78, 5) is 14.1. The lowest BCUT2D eigenvalue weighted by Crippen LogP contribution is -2.30. The molecule has 0 radical (unpaired) electrons. The zero-order valence-corrected chi connectivity index (χ0v) is 9.02. The van der Waals surface area contributed by atoms with E-state index < -0.39 is 0 Å². The number of nitrogens with zero attached hydrogens (tertiary/aromatic N) is 1. The van der Waals surface area contributed by atoms with Crippen LogP contribution in [0.25, 0.3) is 0 Å². The number of carbonyl (C=O) groups excluding carboxylic acids is 1. The Balaban J connectivity index is 1.81. The molecule has 2 unspecified atom stereocenters. The van der Waals surface area contributed by atoms with Crippen LogP contribution in [0.15, 0.2) is 24.3 Å². The van der Waals surface area contributed by atoms with E-state index in [2.05, 4.69) is 5.92 Å². The second-order valence-electron chi connectivity index (χ2n) is 4.69. The maximum atomic E-state index is 12.1. The topological polar surface area (TPSA) is 20.3 Å². The van der Waals surface area contributed by atoms with Gasteiger partial charge >= 0.3 is 0 Å². The van der Waals surface area contributed by atoms with Gasteiger partial charge in [0, 0.05) is 24.2 Å². The van der Waals surface area contributed by atoms with Crippen LogP contribution in [0.4, 0.5) is 0 Å². The molecular formula is C14H13NO. The Morgan fingerprint density at radius 2 is 2.12 bits per heavy atom. The molecule has 0 spiro atoms. The molecule has 1 aromatic rings. The van der Waals surface area contributed by atoms with Crippen molar-refractivity contribution < 1.29 is 4.79 Å². The van der Waals surface area contributed by atoms with Crippen molar-refractivity contribution in [1.82, 2.24) is 4.90 Å². The number of hydrogen-bond donors (Lipinski definition) is 0. The molecule has 1 aliphatic heterocycles. The fourth-order valence-electron chi connectivity index (χ4n) is 2.49. The van der Waals surface area contributed by atoms with Gasteiger partial charge in [-0.15, -0.1) is 6.42 Å².